The van der Waals surface area contributed by atoms with Crippen molar-refractivity contribution < 1.29 is 28.6 Å². The van der Waals surface area contributed by atoms with Gasteiger partial charge in [-0.3, -0.25) is 44.8 Å². The molecule has 2 heterocycles. The standard InChI is InChI=1S/C14H10N6O8/c21-11-1-2-12(22)18(11)6-10-16-17-14(28-10)15-13(23)7-3-8(19(24)25)5-9(4-7)20(26)27/h3-5H,1-2,6H2,(H,15,17,23). The van der Waals surface area contributed by atoms with Crippen LogP contribution in [0.15, 0.2) is 22.6 Å². The highest BCUT2D eigenvalue weighted by molar-refractivity contribution is 6.04. The van der Waals surface area contributed by atoms with E-state index in [1.54, 1.807) is 0 Å². The molecule has 0 radical (unpaired) electrons. The summed E-state index contributed by atoms with van der Waals surface area (Å²) in [4.78, 5) is 56.3. The van der Waals surface area contributed by atoms with E-state index in [0.717, 1.165) is 17.0 Å². The number of imide groups is 1. The Labute approximate surface area is 154 Å². The minimum atomic E-state index is -0.963. The van der Waals surface area contributed by atoms with Gasteiger partial charge in [0.05, 0.1) is 21.5 Å². The monoisotopic (exact) mass is 390 g/mol. The van der Waals surface area contributed by atoms with Gasteiger partial charge in [-0.15, -0.1) is 5.10 Å². The molecule has 0 bridgehead atoms. The summed E-state index contributed by atoms with van der Waals surface area (Å²) in [6, 6.07) is 2.00. The van der Waals surface area contributed by atoms with Crippen LogP contribution >= 0.6 is 0 Å². The predicted molar refractivity (Wildman–Crippen MR) is 86.8 cm³/mol. The summed E-state index contributed by atoms with van der Waals surface area (Å²) in [5.41, 5.74) is -1.65. The minimum Gasteiger partial charge on any atom is -0.406 e. The molecule has 1 N–H and O–H groups in total. The number of carbonyl (C=O) groups excluding carboxylic acids is 3. The first-order valence-electron chi connectivity index (χ1n) is 7.65. The second kappa shape index (κ2) is 7.18. The number of hydrogen-bond donors (Lipinski definition) is 1. The molecule has 0 atom stereocenters. The van der Waals surface area contributed by atoms with E-state index in [0.29, 0.717) is 6.07 Å². The maximum absolute atomic E-state index is 12.2. The first kappa shape index (κ1) is 18.6. The molecule has 1 aliphatic rings. The van der Waals surface area contributed by atoms with Crippen molar-refractivity contribution in [1.82, 2.24) is 15.1 Å². The molecule has 1 aromatic carbocycles. The summed E-state index contributed by atoms with van der Waals surface area (Å²) in [6.45, 7) is -0.261. The second-order valence-corrected chi connectivity index (χ2v) is 5.58. The lowest BCUT2D eigenvalue weighted by Gasteiger charge is -2.09. The maximum Gasteiger partial charge on any atom is 0.322 e. The quantitative estimate of drug-likeness (QED) is 0.418. The van der Waals surface area contributed by atoms with Gasteiger partial charge in [0.15, 0.2) is 0 Å². The van der Waals surface area contributed by atoms with Crippen molar-refractivity contribution in [3.05, 3.63) is 49.9 Å². The summed E-state index contributed by atoms with van der Waals surface area (Å²) in [7, 11) is 0. The summed E-state index contributed by atoms with van der Waals surface area (Å²) in [5.74, 6) is -1.87. The van der Waals surface area contributed by atoms with Gasteiger partial charge in [0, 0.05) is 25.0 Å². The minimum absolute atomic E-state index is 0.0854. The third-order valence-electron chi connectivity index (χ3n) is 3.72. The number of hydrogen-bond acceptors (Lipinski definition) is 10. The highest BCUT2D eigenvalue weighted by atomic mass is 16.6. The number of nitro benzene ring substituents is 2. The number of non-ortho nitro benzene ring substituents is 2. The number of benzene rings is 1. The Bertz CT molecular complexity index is 967. The number of amides is 3. The number of rotatable bonds is 6. The van der Waals surface area contributed by atoms with Crippen LogP contribution in [0.5, 0.6) is 0 Å². The van der Waals surface area contributed by atoms with Crippen molar-refractivity contribution in [3.8, 4) is 0 Å². The molecular weight excluding hydrogens is 380 g/mol. The molecule has 3 rings (SSSR count). The molecule has 144 valence electrons. The fourth-order valence-corrected chi connectivity index (χ4v) is 2.41. The van der Waals surface area contributed by atoms with Crippen molar-refractivity contribution in [1.29, 1.82) is 0 Å². The van der Waals surface area contributed by atoms with E-state index in [-0.39, 0.29) is 30.8 Å². The van der Waals surface area contributed by atoms with Gasteiger partial charge in [0.25, 0.3) is 17.3 Å². The summed E-state index contributed by atoms with van der Waals surface area (Å²) >= 11 is 0. The molecule has 0 aliphatic carbocycles. The molecule has 1 saturated heterocycles. The largest absolute Gasteiger partial charge is 0.406 e. The molecule has 0 spiro atoms. The Balaban J connectivity index is 1.76. The van der Waals surface area contributed by atoms with E-state index in [1.165, 1.54) is 0 Å². The van der Waals surface area contributed by atoms with E-state index >= 15 is 0 Å². The van der Waals surface area contributed by atoms with Crippen molar-refractivity contribution in [2.45, 2.75) is 19.4 Å². The molecule has 1 aromatic heterocycles. The number of aromatic nitrogens is 2. The van der Waals surface area contributed by atoms with Gasteiger partial charge >= 0.3 is 6.01 Å². The molecule has 14 heteroatoms. The summed E-state index contributed by atoms with van der Waals surface area (Å²) in [6.07, 6.45) is 0.171. The lowest BCUT2D eigenvalue weighted by Crippen LogP contribution is -2.28. The number of nitrogens with zero attached hydrogens (tertiary/aromatic N) is 5. The van der Waals surface area contributed by atoms with E-state index in [2.05, 4.69) is 15.5 Å². The van der Waals surface area contributed by atoms with Crippen LogP contribution in [0.3, 0.4) is 0 Å². The number of nitro groups is 2. The van der Waals surface area contributed by atoms with Crippen LogP contribution in [0, 0.1) is 20.2 Å². The van der Waals surface area contributed by atoms with Crippen molar-refractivity contribution in [2.24, 2.45) is 0 Å². The molecule has 1 aliphatic heterocycles. The molecule has 14 nitrogen and oxygen atoms in total. The fourth-order valence-electron chi connectivity index (χ4n) is 2.41. The highest BCUT2D eigenvalue weighted by Crippen LogP contribution is 2.23. The Morgan fingerprint density at radius 3 is 2.18 bits per heavy atom. The second-order valence-electron chi connectivity index (χ2n) is 5.58. The van der Waals surface area contributed by atoms with Gasteiger partial charge < -0.3 is 4.42 Å². The zero-order valence-electron chi connectivity index (χ0n) is 13.9. The van der Waals surface area contributed by atoms with Crippen LogP contribution in [0.4, 0.5) is 17.4 Å². The summed E-state index contributed by atoms with van der Waals surface area (Å²) < 4.78 is 5.12. The number of nitrogens with one attached hydrogen (secondary N) is 1. The Morgan fingerprint density at radius 1 is 1.07 bits per heavy atom. The van der Waals surface area contributed by atoms with Crippen LogP contribution < -0.4 is 5.32 Å². The maximum atomic E-state index is 12.2. The molecule has 3 amide bonds. The zero-order chi connectivity index (χ0) is 20.4. The lowest BCUT2D eigenvalue weighted by molar-refractivity contribution is -0.394. The van der Waals surface area contributed by atoms with Gasteiger partial charge in [-0.05, 0) is 0 Å². The Kier molecular flexibility index (Phi) is 4.76. The fraction of sp³-hybridized carbons (Fsp3) is 0.214. The lowest BCUT2D eigenvalue weighted by atomic mass is 10.1. The van der Waals surface area contributed by atoms with Crippen LogP contribution in [-0.4, -0.2) is 42.7 Å². The topological polar surface area (TPSA) is 192 Å². The van der Waals surface area contributed by atoms with Crippen LogP contribution in [0.25, 0.3) is 0 Å². The van der Waals surface area contributed by atoms with Gasteiger partial charge in [-0.1, -0.05) is 5.10 Å². The van der Waals surface area contributed by atoms with E-state index < -0.39 is 45.0 Å². The normalized spacial score (nSPS) is 13.6. The van der Waals surface area contributed by atoms with Crippen LogP contribution in [0.2, 0.25) is 0 Å². The predicted octanol–water partition coefficient (Wildman–Crippen LogP) is 0.787. The SMILES string of the molecule is O=C(Nc1nnc(CN2C(=O)CCC2=O)o1)c1cc([N+](=O)[O-])cc([N+](=O)[O-])c1. The van der Waals surface area contributed by atoms with Crippen molar-refractivity contribution in [2.75, 3.05) is 5.32 Å². The number of anilines is 1. The van der Waals surface area contributed by atoms with Gasteiger partial charge in [0.1, 0.15) is 6.54 Å². The Hall–Kier alpha value is -4.23. The van der Waals surface area contributed by atoms with E-state index in [1.807, 2.05) is 0 Å². The molecule has 2 aromatic rings. The van der Waals surface area contributed by atoms with Gasteiger partial charge in [-0.25, -0.2) is 0 Å². The van der Waals surface area contributed by atoms with Gasteiger partial charge in [0.2, 0.25) is 17.7 Å². The van der Waals surface area contributed by atoms with E-state index in [9.17, 15) is 34.6 Å². The molecule has 28 heavy (non-hydrogen) atoms. The first-order valence-corrected chi connectivity index (χ1v) is 7.65. The van der Waals surface area contributed by atoms with Crippen LogP contribution in [-0.2, 0) is 16.1 Å². The van der Waals surface area contributed by atoms with Crippen LogP contribution in [0.1, 0.15) is 29.1 Å². The zero-order valence-corrected chi connectivity index (χ0v) is 13.9. The van der Waals surface area contributed by atoms with E-state index in [4.69, 9.17) is 4.42 Å². The third kappa shape index (κ3) is 3.79. The average Bonchev–Trinajstić information content (AvgIpc) is 3.22. The summed E-state index contributed by atoms with van der Waals surface area (Å²) in [5, 5.41) is 31.0. The van der Waals surface area contributed by atoms with Gasteiger partial charge in [-0.2, -0.15) is 0 Å². The number of carbonyl (C=O) groups is 3. The van der Waals surface area contributed by atoms with Crippen molar-refractivity contribution >= 4 is 35.1 Å². The molecule has 0 unspecified atom stereocenters. The Morgan fingerprint density at radius 2 is 1.64 bits per heavy atom. The third-order valence-corrected chi connectivity index (χ3v) is 3.72. The van der Waals surface area contributed by atoms with Crippen molar-refractivity contribution in [3.63, 3.8) is 0 Å². The smallest absolute Gasteiger partial charge is 0.322 e. The molecule has 0 saturated carbocycles. The molecule has 1 fully saturated rings. The number of likely N-dealkylation sites (tertiary alicyclic amines) is 1. The molecular formula is C14H10N6O8. The average molecular weight is 390 g/mol. The first-order chi connectivity index (χ1) is 13.2. The highest BCUT2D eigenvalue weighted by Gasteiger charge is 2.30.